The van der Waals surface area contributed by atoms with Crippen molar-refractivity contribution in [2.24, 2.45) is 4.99 Å². The van der Waals surface area contributed by atoms with Crippen LogP contribution in [0, 0.1) is 0 Å². The number of hydrogen-bond acceptors (Lipinski definition) is 4. The second-order valence-electron chi connectivity index (χ2n) is 5.85. The molecular weight excluding hydrogens is 361 g/mol. The highest BCUT2D eigenvalue weighted by molar-refractivity contribution is 6.64. The number of aliphatic imine (C=N–C) groups is 1. The van der Waals surface area contributed by atoms with Crippen LogP contribution in [0.3, 0.4) is 0 Å². The lowest BCUT2D eigenvalue weighted by Gasteiger charge is -2.28. The average molecular weight is 376 g/mol. The van der Waals surface area contributed by atoms with Crippen molar-refractivity contribution in [1.82, 2.24) is 0 Å². The maximum atomic E-state index is 13.4. The van der Waals surface area contributed by atoms with Gasteiger partial charge in [-0.05, 0) is 61.0 Å². The standard InChI is InChI=1S/C19H15Cl2NO3/c1-11-19(10-17(21)23,18(24)12-3-5-13(20)6-4-12)15-9-14(25-2)7-8-16(15)22-11/h3-9H,10H2,1-2H3. The van der Waals surface area contributed by atoms with Gasteiger partial charge in [-0.1, -0.05) is 11.6 Å². The van der Waals surface area contributed by atoms with Crippen LogP contribution < -0.4 is 4.74 Å². The van der Waals surface area contributed by atoms with E-state index >= 15 is 0 Å². The van der Waals surface area contributed by atoms with Gasteiger partial charge in [0.1, 0.15) is 11.2 Å². The van der Waals surface area contributed by atoms with Crippen molar-refractivity contribution in [3.05, 3.63) is 58.6 Å². The molecule has 2 aromatic rings. The zero-order valence-electron chi connectivity index (χ0n) is 13.7. The second-order valence-corrected chi connectivity index (χ2v) is 6.71. The van der Waals surface area contributed by atoms with Crippen LogP contribution in [-0.4, -0.2) is 23.8 Å². The van der Waals surface area contributed by atoms with Crippen LogP contribution in [-0.2, 0) is 10.2 Å². The minimum Gasteiger partial charge on any atom is -0.497 e. The number of halogens is 2. The largest absolute Gasteiger partial charge is 0.497 e. The van der Waals surface area contributed by atoms with E-state index in [1.165, 1.54) is 0 Å². The summed E-state index contributed by atoms with van der Waals surface area (Å²) in [4.78, 5) is 29.7. The lowest BCUT2D eigenvalue weighted by molar-refractivity contribution is -0.112. The summed E-state index contributed by atoms with van der Waals surface area (Å²) in [7, 11) is 1.54. The minimum atomic E-state index is -1.24. The van der Waals surface area contributed by atoms with E-state index in [1.54, 1.807) is 56.5 Å². The first kappa shape index (κ1) is 17.6. The number of Topliss-reactive ketones (excluding diaryl/α,β-unsaturated/α-hetero) is 1. The van der Waals surface area contributed by atoms with E-state index in [0.29, 0.717) is 33.3 Å². The van der Waals surface area contributed by atoms with Crippen molar-refractivity contribution < 1.29 is 14.3 Å². The third kappa shape index (κ3) is 2.96. The van der Waals surface area contributed by atoms with Crippen LogP contribution in [0.15, 0.2) is 47.5 Å². The Bertz CT molecular complexity index is 890. The molecule has 1 aliphatic heterocycles. The van der Waals surface area contributed by atoms with Crippen molar-refractivity contribution >= 4 is 45.6 Å². The van der Waals surface area contributed by atoms with Gasteiger partial charge in [0.05, 0.1) is 12.8 Å². The van der Waals surface area contributed by atoms with Crippen LogP contribution in [0.4, 0.5) is 5.69 Å². The number of benzene rings is 2. The molecule has 0 saturated carbocycles. The molecule has 0 spiro atoms. The van der Waals surface area contributed by atoms with Crippen molar-refractivity contribution in [1.29, 1.82) is 0 Å². The highest BCUT2D eigenvalue weighted by Gasteiger charge is 2.49. The molecule has 0 aromatic heterocycles. The molecular formula is C19H15Cl2NO3. The number of carbonyl (C=O) groups is 2. The van der Waals surface area contributed by atoms with Gasteiger partial charge in [-0.25, -0.2) is 0 Å². The number of nitrogens with zero attached hydrogens (tertiary/aromatic N) is 1. The molecule has 0 radical (unpaired) electrons. The van der Waals surface area contributed by atoms with Gasteiger partial charge in [0.15, 0.2) is 5.78 Å². The molecule has 1 aliphatic rings. The first-order valence-corrected chi connectivity index (χ1v) is 8.37. The summed E-state index contributed by atoms with van der Waals surface area (Å²) in [6, 6.07) is 11.8. The Balaban J connectivity index is 2.21. The van der Waals surface area contributed by atoms with Crippen molar-refractivity contribution in [3.63, 3.8) is 0 Å². The Morgan fingerprint density at radius 2 is 1.84 bits per heavy atom. The normalized spacial score (nSPS) is 18.5. The van der Waals surface area contributed by atoms with Crippen molar-refractivity contribution in [2.75, 3.05) is 7.11 Å². The Labute approximate surface area is 155 Å². The summed E-state index contributed by atoms with van der Waals surface area (Å²) in [6.45, 7) is 1.74. The molecule has 3 rings (SSSR count). The SMILES string of the molecule is COc1ccc2c(c1)C(CC(=O)Cl)(C(=O)c1ccc(Cl)cc1)C(C)=N2. The van der Waals surface area contributed by atoms with E-state index in [0.717, 1.165) is 0 Å². The van der Waals surface area contributed by atoms with Gasteiger partial charge < -0.3 is 4.74 Å². The molecule has 2 aromatic carbocycles. The third-order valence-corrected chi connectivity index (χ3v) is 4.85. The molecule has 0 bridgehead atoms. The molecule has 128 valence electrons. The minimum absolute atomic E-state index is 0.175. The summed E-state index contributed by atoms with van der Waals surface area (Å²) >= 11 is 11.6. The average Bonchev–Trinajstić information content (AvgIpc) is 2.86. The fraction of sp³-hybridized carbons (Fsp3) is 0.211. The maximum absolute atomic E-state index is 13.4. The van der Waals surface area contributed by atoms with Crippen LogP contribution in [0.25, 0.3) is 0 Å². The highest BCUT2D eigenvalue weighted by atomic mass is 35.5. The Morgan fingerprint density at radius 3 is 2.44 bits per heavy atom. The molecule has 0 saturated heterocycles. The van der Waals surface area contributed by atoms with E-state index < -0.39 is 10.7 Å². The predicted octanol–water partition coefficient (Wildman–Crippen LogP) is 4.73. The summed E-state index contributed by atoms with van der Waals surface area (Å²) in [5.74, 6) is 0.338. The monoisotopic (exact) mass is 375 g/mol. The quantitative estimate of drug-likeness (QED) is 0.560. The number of methoxy groups -OCH3 is 1. The van der Waals surface area contributed by atoms with E-state index in [4.69, 9.17) is 27.9 Å². The Kier molecular flexibility index (Phi) is 4.67. The topological polar surface area (TPSA) is 55.7 Å². The van der Waals surface area contributed by atoms with E-state index in [9.17, 15) is 9.59 Å². The predicted molar refractivity (Wildman–Crippen MR) is 98.7 cm³/mol. The first-order chi connectivity index (χ1) is 11.9. The van der Waals surface area contributed by atoms with E-state index in [-0.39, 0.29) is 12.2 Å². The second kappa shape index (κ2) is 6.62. The van der Waals surface area contributed by atoms with E-state index in [2.05, 4.69) is 4.99 Å². The molecule has 1 heterocycles. The molecule has 25 heavy (non-hydrogen) atoms. The van der Waals surface area contributed by atoms with E-state index in [1.807, 2.05) is 0 Å². The summed E-state index contributed by atoms with van der Waals surface area (Å²) < 4.78 is 5.28. The molecule has 0 fully saturated rings. The molecule has 1 atom stereocenters. The summed E-state index contributed by atoms with van der Waals surface area (Å²) in [5, 5.41) is -0.0783. The molecule has 6 heteroatoms. The number of hydrogen-bond donors (Lipinski definition) is 0. The van der Waals surface area contributed by atoms with Gasteiger partial charge in [-0.15, -0.1) is 0 Å². The number of carbonyl (C=O) groups excluding carboxylic acids is 2. The molecule has 1 unspecified atom stereocenters. The van der Waals surface area contributed by atoms with Gasteiger partial charge in [-0.3, -0.25) is 14.6 Å². The zero-order chi connectivity index (χ0) is 18.2. The van der Waals surface area contributed by atoms with Gasteiger partial charge >= 0.3 is 0 Å². The lowest BCUT2D eigenvalue weighted by atomic mass is 9.70. The molecule has 4 nitrogen and oxygen atoms in total. The summed E-state index contributed by atoms with van der Waals surface area (Å²) in [6.07, 6.45) is -0.175. The first-order valence-electron chi connectivity index (χ1n) is 7.61. The number of fused-ring (bicyclic) bond motifs is 1. The lowest BCUT2D eigenvalue weighted by Crippen LogP contribution is -2.42. The molecule has 0 aliphatic carbocycles. The smallest absolute Gasteiger partial charge is 0.223 e. The van der Waals surface area contributed by atoms with Crippen LogP contribution in [0.5, 0.6) is 5.75 Å². The third-order valence-electron chi connectivity index (χ3n) is 4.47. The molecule has 0 N–H and O–H groups in total. The van der Waals surface area contributed by atoms with Gasteiger partial charge in [0.2, 0.25) is 5.24 Å². The number of rotatable bonds is 5. The van der Waals surface area contributed by atoms with Gasteiger partial charge in [0, 0.05) is 28.3 Å². The van der Waals surface area contributed by atoms with Crippen molar-refractivity contribution in [2.45, 2.75) is 18.8 Å². The summed E-state index contributed by atoms with van der Waals surface area (Å²) in [5.41, 5.74) is 0.991. The molecule has 0 amide bonds. The Morgan fingerprint density at radius 1 is 1.16 bits per heavy atom. The Hall–Kier alpha value is -2.17. The van der Waals surface area contributed by atoms with Crippen LogP contribution in [0.2, 0.25) is 5.02 Å². The number of ketones is 1. The fourth-order valence-corrected chi connectivity index (χ4v) is 3.53. The number of ether oxygens (including phenoxy) is 1. The highest BCUT2D eigenvalue weighted by Crippen LogP contribution is 2.46. The van der Waals surface area contributed by atoms with Gasteiger partial charge in [-0.2, -0.15) is 0 Å². The fourth-order valence-electron chi connectivity index (χ4n) is 3.20. The van der Waals surface area contributed by atoms with Crippen LogP contribution >= 0.6 is 23.2 Å². The maximum Gasteiger partial charge on any atom is 0.223 e. The van der Waals surface area contributed by atoms with Crippen molar-refractivity contribution in [3.8, 4) is 5.75 Å². The van der Waals surface area contributed by atoms with Crippen LogP contribution in [0.1, 0.15) is 29.3 Å². The zero-order valence-corrected chi connectivity index (χ0v) is 15.2. The van der Waals surface area contributed by atoms with Gasteiger partial charge in [0.25, 0.3) is 0 Å².